The number of likely N-dealkylation sites (N-methyl/N-ethyl adjacent to an activating group) is 1. The Balaban J connectivity index is 1.55. The summed E-state index contributed by atoms with van der Waals surface area (Å²) in [6, 6.07) is 9.63. The molecule has 2 atom stereocenters. The molecule has 11 nitrogen and oxygen atoms in total. The summed E-state index contributed by atoms with van der Waals surface area (Å²) in [6.45, 7) is 6.54. The zero-order chi connectivity index (χ0) is 28.1. The molecule has 4 rings (SSSR count). The van der Waals surface area contributed by atoms with Crippen LogP contribution in [0.3, 0.4) is 0 Å². The Morgan fingerprint density at radius 3 is 2.56 bits per heavy atom. The Bertz CT molecular complexity index is 1230. The van der Waals surface area contributed by atoms with Crippen LogP contribution in [0.2, 0.25) is 5.02 Å². The number of nitrogens with two attached hydrogens (primary N) is 1. The van der Waals surface area contributed by atoms with Gasteiger partial charge in [-0.3, -0.25) is 4.79 Å². The van der Waals surface area contributed by atoms with Crippen LogP contribution in [0.25, 0.3) is 0 Å². The van der Waals surface area contributed by atoms with Crippen LogP contribution in [-0.2, 0) is 0 Å². The van der Waals surface area contributed by atoms with Gasteiger partial charge in [0.2, 0.25) is 0 Å². The molecular formula is C27H34ClN5O6. The van der Waals surface area contributed by atoms with Gasteiger partial charge in [-0.05, 0) is 25.5 Å². The Labute approximate surface area is 232 Å². The first-order chi connectivity index (χ1) is 18.7. The number of hydrogen-bond acceptors (Lipinski definition) is 7. The fraction of sp³-hybridized carbons (Fsp3) is 0.444. The van der Waals surface area contributed by atoms with Crippen LogP contribution in [0.4, 0.5) is 15.3 Å². The SMILES string of the molecule is CCN1CCN(CCN2CCC(NC(=O)c3cc(Cl)c(N)cc3OC)C(c3ccccc3OC(=O)O)C2)C1=O. The summed E-state index contributed by atoms with van der Waals surface area (Å²) in [7, 11) is 1.45. The van der Waals surface area contributed by atoms with Crippen LogP contribution >= 0.6 is 11.6 Å². The molecule has 2 aromatic rings. The van der Waals surface area contributed by atoms with Crippen LogP contribution < -0.4 is 20.5 Å². The van der Waals surface area contributed by atoms with Crippen molar-refractivity contribution >= 4 is 35.4 Å². The van der Waals surface area contributed by atoms with Crippen LogP contribution in [0.5, 0.6) is 11.5 Å². The van der Waals surface area contributed by atoms with Crippen molar-refractivity contribution in [2.75, 3.05) is 58.7 Å². The van der Waals surface area contributed by atoms with Crippen molar-refractivity contribution in [3.63, 3.8) is 0 Å². The summed E-state index contributed by atoms with van der Waals surface area (Å²) in [5.41, 5.74) is 7.10. The van der Waals surface area contributed by atoms with Crippen molar-refractivity contribution in [1.82, 2.24) is 20.0 Å². The number of urea groups is 1. The van der Waals surface area contributed by atoms with Gasteiger partial charge < -0.3 is 40.3 Å². The van der Waals surface area contributed by atoms with E-state index in [1.54, 1.807) is 12.1 Å². The normalized spacial score (nSPS) is 19.7. The molecule has 0 aliphatic carbocycles. The van der Waals surface area contributed by atoms with Gasteiger partial charge >= 0.3 is 12.2 Å². The predicted octanol–water partition coefficient (Wildman–Crippen LogP) is 3.33. The van der Waals surface area contributed by atoms with E-state index < -0.39 is 6.16 Å². The van der Waals surface area contributed by atoms with Crippen LogP contribution in [0.15, 0.2) is 36.4 Å². The lowest BCUT2D eigenvalue weighted by atomic mass is 9.85. The van der Waals surface area contributed by atoms with E-state index in [4.69, 9.17) is 26.8 Å². The number of carboxylic acid groups (broad SMARTS) is 1. The number of para-hydroxylation sites is 1. The summed E-state index contributed by atoms with van der Waals surface area (Å²) in [6.07, 6.45) is -0.817. The molecule has 2 saturated heterocycles. The number of carbonyl (C=O) groups excluding carboxylic acids is 2. The second-order valence-electron chi connectivity index (χ2n) is 9.60. The maximum Gasteiger partial charge on any atom is 0.511 e. The summed E-state index contributed by atoms with van der Waals surface area (Å²) >= 11 is 6.19. The van der Waals surface area contributed by atoms with Crippen molar-refractivity contribution in [2.45, 2.75) is 25.3 Å². The number of anilines is 1. The van der Waals surface area contributed by atoms with Crippen LogP contribution in [-0.4, -0.2) is 96.9 Å². The van der Waals surface area contributed by atoms with Crippen LogP contribution in [0, 0.1) is 0 Å². The Morgan fingerprint density at radius 1 is 1.13 bits per heavy atom. The van der Waals surface area contributed by atoms with Crippen molar-refractivity contribution in [2.24, 2.45) is 0 Å². The maximum atomic E-state index is 13.4. The first-order valence-electron chi connectivity index (χ1n) is 12.9. The molecule has 0 bridgehead atoms. The standard InChI is InChI=1S/C27H34ClN5O6/c1-3-32-12-13-33(26(32)35)11-10-31-9-8-22(19(16-31)17-6-4-5-7-23(17)39-27(36)37)30-25(34)18-14-20(28)21(29)15-24(18)38-2/h4-7,14-15,19,22H,3,8-13,16,29H2,1-2H3,(H,30,34)(H,36,37). The Hall–Kier alpha value is -3.70. The first-order valence-corrected chi connectivity index (χ1v) is 13.3. The summed E-state index contributed by atoms with van der Waals surface area (Å²) in [5, 5.41) is 12.6. The quantitative estimate of drug-likeness (QED) is 0.242. The van der Waals surface area contributed by atoms with E-state index in [2.05, 4.69) is 10.2 Å². The molecule has 0 spiro atoms. The number of methoxy groups -OCH3 is 1. The number of halogens is 1. The molecule has 2 heterocycles. The minimum atomic E-state index is -1.41. The second-order valence-corrected chi connectivity index (χ2v) is 10.0. The lowest BCUT2D eigenvalue weighted by Crippen LogP contribution is -2.51. The number of hydrogen-bond donors (Lipinski definition) is 3. The van der Waals surface area contributed by atoms with E-state index in [0.29, 0.717) is 62.7 Å². The number of nitrogens with zero attached hydrogens (tertiary/aromatic N) is 3. The number of nitrogens with one attached hydrogen (secondary N) is 1. The molecule has 2 fully saturated rings. The van der Waals surface area contributed by atoms with Gasteiger partial charge in [-0.2, -0.15) is 0 Å². The van der Waals surface area contributed by atoms with Crippen LogP contribution in [0.1, 0.15) is 35.2 Å². The molecule has 2 unspecified atom stereocenters. The maximum absolute atomic E-state index is 13.4. The third kappa shape index (κ3) is 6.48. The number of benzene rings is 2. The lowest BCUT2D eigenvalue weighted by Gasteiger charge is -2.40. The van der Waals surface area contributed by atoms with Gasteiger partial charge in [0.25, 0.3) is 5.91 Å². The van der Waals surface area contributed by atoms with E-state index in [1.807, 2.05) is 28.9 Å². The van der Waals surface area contributed by atoms with Gasteiger partial charge in [0.1, 0.15) is 11.5 Å². The smallest absolute Gasteiger partial charge is 0.496 e. The molecule has 0 radical (unpaired) electrons. The molecule has 0 saturated carbocycles. The van der Waals surface area contributed by atoms with E-state index in [9.17, 15) is 19.5 Å². The number of piperidine rings is 1. The molecule has 0 aromatic heterocycles. The average Bonchev–Trinajstić information content (AvgIpc) is 3.28. The monoisotopic (exact) mass is 559 g/mol. The summed E-state index contributed by atoms with van der Waals surface area (Å²) in [5.74, 6) is -0.141. The van der Waals surface area contributed by atoms with Gasteiger partial charge in [0, 0.05) is 69.4 Å². The van der Waals surface area contributed by atoms with E-state index >= 15 is 0 Å². The topological polar surface area (TPSA) is 138 Å². The number of ether oxygens (including phenoxy) is 2. The zero-order valence-corrected chi connectivity index (χ0v) is 22.8. The highest BCUT2D eigenvalue weighted by Crippen LogP contribution is 2.35. The largest absolute Gasteiger partial charge is 0.511 e. The van der Waals surface area contributed by atoms with Gasteiger partial charge in [-0.25, -0.2) is 9.59 Å². The highest BCUT2D eigenvalue weighted by Gasteiger charge is 2.35. The zero-order valence-electron chi connectivity index (χ0n) is 22.1. The Morgan fingerprint density at radius 2 is 1.87 bits per heavy atom. The number of nitrogen functional groups attached to an aromatic ring is 1. The summed E-state index contributed by atoms with van der Waals surface area (Å²) in [4.78, 5) is 43.2. The minimum absolute atomic E-state index is 0.0486. The molecule has 12 heteroatoms. The summed E-state index contributed by atoms with van der Waals surface area (Å²) < 4.78 is 10.5. The van der Waals surface area contributed by atoms with Gasteiger partial charge in [0.05, 0.1) is 23.4 Å². The molecule has 2 aliphatic rings. The fourth-order valence-electron chi connectivity index (χ4n) is 5.24. The molecular weight excluding hydrogens is 526 g/mol. The van der Waals surface area contributed by atoms with Crippen molar-refractivity contribution in [3.8, 4) is 11.5 Å². The highest BCUT2D eigenvalue weighted by atomic mass is 35.5. The van der Waals surface area contributed by atoms with Crippen molar-refractivity contribution < 1.29 is 29.0 Å². The van der Waals surface area contributed by atoms with Gasteiger partial charge in [-0.15, -0.1) is 0 Å². The van der Waals surface area contributed by atoms with Gasteiger partial charge in [0.15, 0.2) is 0 Å². The van der Waals surface area contributed by atoms with Crippen molar-refractivity contribution in [3.05, 3.63) is 52.5 Å². The molecule has 4 N–H and O–H groups in total. The molecule has 210 valence electrons. The number of rotatable bonds is 9. The Kier molecular flexibility index (Phi) is 9.03. The molecule has 3 amide bonds. The lowest BCUT2D eigenvalue weighted by molar-refractivity contribution is 0.0885. The molecule has 39 heavy (non-hydrogen) atoms. The minimum Gasteiger partial charge on any atom is -0.496 e. The first kappa shape index (κ1) is 28.3. The van der Waals surface area contributed by atoms with E-state index in [0.717, 1.165) is 6.54 Å². The third-order valence-electron chi connectivity index (χ3n) is 7.34. The van der Waals surface area contributed by atoms with Gasteiger partial charge in [-0.1, -0.05) is 29.8 Å². The number of likely N-dealkylation sites (tertiary alicyclic amines) is 1. The number of carbonyl (C=O) groups is 3. The third-order valence-corrected chi connectivity index (χ3v) is 7.67. The predicted molar refractivity (Wildman–Crippen MR) is 147 cm³/mol. The highest BCUT2D eigenvalue weighted by molar-refractivity contribution is 6.33. The molecule has 2 aromatic carbocycles. The van der Waals surface area contributed by atoms with E-state index in [1.165, 1.54) is 19.2 Å². The molecule has 2 aliphatic heterocycles. The number of amides is 3. The second kappa shape index (κ2) is 12.4. The van der Waals surface area contributed by atoms with Crippen molar-refractivity contribution in [1.29, 1.82) is 0 Å². The fourth-order valence-corrected chi connectivity index (χ4v) is 5.41. The van der Waals surface area contributed by atoms with E-state index in [-0.39, 0.29) is 40.2 Å². The average molecular weight is 560 g/mol.